The third-order valence-corrected chi connectivity index (χ3v) is 4.63. The van der Waals surface area contributed by atoms with Gasteiger partial charge in [0, 0.05) is 24.0 Å². The maximum Gasteiger partial charge on any atom is 0.254 e. The molecule has 0 unspecified atom stereocenters. The van der Waals surface area contributed by atoms with Crippen LogP contribution in [0.2, 0.25) is 0 Å². The Labute approximate surface area is 145 Å². The molecule has 1 atom stereocenters. The number of aliphatic hydroxyl groups is 1. The molecular weight excluding hydrogens is 318 g/mol. The summed E-state index contributed by atoms with van der Waals surface area (Å²) in [5.41, 5.74) is 3.07. The first kappa shape index (κ1) is 15.9. The number of furan rings is 1. The van der Waals surface area contributed by atoms with E-state index >= 15 is 0 Å². The molecule has 1 N–H and O–H groups in total. The van der Waals surface area contributed by atoms with Crippen molar-refractivity contribution in [3.63, 3.8) is 0 Å². The van der Waals surface area contributed by atoms with Gasteiger partial charge in [0.2, 0.25) is 0 Å². The average molecular weight is 339 g/mol. The highest BCUT2D eigenvalue weighted by Crippen LogP contribution is 2.23. The fraction of sp³-hybridized carbons (Fsp3) is 0.368. The number of amides is 1. The lowest BCUT2D eigenvalue weighted by Crippen LogP contribution is -2.30. The maximum atomic E-state index is 13.0. The summed E-state index contributed by atoms with van der Waals surface area (Å²) in [7, 11) is 0. The number of carbonyl (C=O) groups is 1. The van der Waals surface area contributed by atoms with Gasteiger partial charge in [0.15, 0.2) is 0 Å². The van der Waals surface area contributed by atoms with Crippen LogP contribution in [0.4, 0.5) is 0 Å². The Morgan fingerprint density at radius 1 is 1.28 bits per heavy atom. The summed E-state index contributed by atoms with van der Waals surface area (Å²) in [4.78, 5) is 14.8. The molecule has 0 fully saturated rings. The van der Waals surface area contributed by atoms with Crippen LogP contribution < -0.4 is 0 Å². The molecule has 0 spiro atoms. The fourth-order valence-electron chi connectivity index (χ4n) is 3.35. The third-order valence-electron chi connectivity index (χ3n) is 4.63. The van der Waals surface area contributed by atoms with Crippen molar-refractivity contribution in [1.82, 2.24) is 14.7 Å². The Bertz CT molecular complexity index is 939. The average Bonchev–Trinajstić information content (AvgIpc) is 3.09. The SMILES string of the molecule is Cc1cc2cc(C(=O)N3CCCn4nc([C@@H](C)O)cc4C3)ccc2o1. The number of rotatable bonds is 2. The lowest BCUT2D eigenvalue weighted by Gasteiger charge is -2.20. The second-order valence-electron chi connectivity index (χ2n) is 6.65. The van der Waals surface area contributed by atoms with Crippen molar-refractivity contribution in [2.45, 2.75) is 39.5 Å². The van der Waals surface area contributed by atoms with Crippen molar-refractivity contribution in [3.05, 3.63) is 53.0 Å². The van der Waals surface area contributed by atoms with Gasteiger partial charge in [0.25, 0.3) is 5.91 Å². The highest BCUT2D eigenvalue weighted by Gasteiger charge is 2.23. The highest BCUT2D eigenvalue weighted by atomic mass is 16.3. The van der Waals surface area contributed by atoms with Crippen LogP contribution in [0.25, 0.3) is 11.0 Å². The van der Waals surface area contributed by atoms with Gasteiger partial charge in [-0.15, -0.1) is 0 Å². The third kappa shape index (κ3) is 2.93. The first-order chi connectivity index (χ1) is 12.0. The minimum absolute atomic E-state index is 0.00833. The van der Waals surface area contributed by atoms with Crippen molar-refractivity contribution in [3.8, 4) is 0 Å². The zero-order chi connectivity index (χ0) is 17.6. The first-order valence-corrected chi connectivity index (χ1v) is 8.55. The van der Waals surface area contributed by atoms with Gasteiger partial charge in [-0.1, -0.05) is 0 Å². The monoisotopic (exact) mass is 339 g/mol. The maximum absolute atomic E-state index is 13.0. The summed E-state index contributed by atoms with van der Waals surface area (Å²) in [5, 5.41) is 15.1. The molecule has 25 heavy (non-hydrogen) atoms. The van der Waals surface area contributed by atoms with Crippen LogP contribution in [-0.4, -0.2) is 32.2 Å². The number of hydrogen-bond acceptors (Lipinski definition) is 4. The van der Waals surface area contributed by atoms with Gasteiger partial charge in [-0.3, -0.25) is 9.48 Å². The van der Waals surface area contributed by atoms with Gasteiger partial charge < -0.3 is 14.4 Å². The molecule has 4 rings (SSSR count). The summed E-state index contributed by atoms with van der Waals surface area (Å²) in [6.45, 7) is 5.55. The number of hydrogen-bond donors (Lipinski definition) is 1. The Balaban J connectivity index is 1.61. The van der Waals surface area contributed by atoms with Crippen LogP contribution in [0, 0.1) is 6.92 Å². The van der Waals surface area contributed by atoms with Gasteiger partial charge in [-0.05, 0) is 50.6 Å². The second kappa shape index (κ2) is 6.04. The summed E-state index contributed by atoms with van der Waals surface area (Å²) in [6, 6.07) is 9.38. The molecular formula is C19H21N3O3. The van der Waals surface area contributed by atoms with E-state index in [9.17, 15) is 9.90 Å². The lowest BCUT2D eigenvalue weighted by atomic mass is 10.1. The quantitative estimate of drug-likeness (QED) is 0.779. The number of carbonyl (C=O) groups excluding carboxylic acids is 1. The van der Waals surface area contributed by atoms with E-state index in [0.717, 1.165) is 35.4 Å². The van der Waals surface area contributed by atoms with Crippen LogP contribution in [0.15, 0.2) is 34.7 Å². The molecule has 2 aromatic heterocycles. The first-order valence-electron chi connectivity index (χ1n) is 8.55. The number of nitrogens with zero attached hydrogens (tertiary/aromatic N) is 3. The molecule has 0 bridgehead atoms. The second-order valence-corrected chi connectivity index (χ2v) is 6.65. The molecule has 3 heterocycles. The summed E-state index contributed by atoms with van der Waals surface area (Å²) in [5.74, 6) is 0.845. The number of aliphatic hydroxyl groups excluding tert-OH is 1. The number of fused-ring (bicyclic) bond motifs is 2. The minimum Gasteiger partial charge on any atom is -0.461 e. The lowest BCUT2D eigenvalue weighted by molar-refractivity contribution is 0.0746. The van der Waals surface area contributed by atoms with Gasteiger partial charge in [0.1, 0.15) is 11.3 Å². The number of aryl methyl sites for hydroxylation is 2. The summed E-state index contributed by atoms with van der Waals surface area (Å²) < 4.78 is 7.48. The van der Waals surface area contributed by atoms with Gasteiger partial charge >= 0.3 is 0 Å². The topological polar surface area (TPSA) is 71.5 Å². The van der Waals surface area contributed by atoms with Crippen LogP contribution in [0.1, 0.15) is 47.0 Å². The Kier molecular flexibility index (Phi) is 3.84. The van der Waals surface area contributed by atoms with E-state index < -0.39 is 6.10 Å². The summed E-state index contributed by atoms with van der Waals surface area (Å²) >= 11 is 0. The number of benzene rings is 1. The molecule has 1 aromatic carbocycles. The Morgan fingerprint density at radius 2 is 2.12 bits per heavy atom. The van der Waals surface area contributed by atoms with E-state index in [2.05, 4.69) is 5.10 Å². The molecule has 0 saturated heterocycles. The van der Waals surface area contributed by atoms with Crippen molar-refractivity contribution >= 4 is 16.9 Å². The van der Waals surface area contributed by atoms with Crippen LogP contribution >= 0.6 is 0 Å². The van der Waals surface area contributed by atoms with E-state index in [0.29, 0.717) is 24.3 Å². The van der Waals surface area contributed by atoms with Gasteiger partial charge in [-0.25, -0.2) is 0 Å². The molecule has 1 amide bonds. The highest BCUT2D eigenvalue weighted by molar-refractivity contribution is 5.97. The van der Waals surface area contributed by atoms with Crippen LogP contribution in [0.3, 0.4) is 0 Å². The molecule has 0 radical (unpaired) electrons. The van der Waals surface area contributed by atoms with Gasteiger partial charge in [-0.2, -0.15) is 5.10 Å². The van der Waals surface area contributed by atoms with Crippen molar-refractivity contribution in [1.29, 1.82) is 0 Å². The molecule has 3 aromatic rings. The Hall–Kier alpha value is -2.60. The van der Waals surface area contributed by atoms with Gasteiger partial charge in [0.05, 0.1) is 24.0 Å². The normalized spacial score (nSPS) is 15.9. The van der Waals surface area contributed by atoms with Crippen molar-refractivity contribution in [2.24, 2.45) is 0 Å². The standard InChI is InChI=1S/C19H21N3O3/c1-12-8-15-9-14(4-5-18(15)25-12)19(24)21-6-3-7-22-16(11-21)10-17(20-22)13(2)23/h4-5,8-10,13,23H,3,6-7,11H2,1-2H3/t13-/m1/s1. The fourth-order valence-corrected chi connectivity index (χ4v) is 3.35. The molecule has 1 aliphatic rings. The van der Waals surface area contributed by atoms with Crippen LogP contribution in [-0.2, 0) is 13.1 Å². The van der Waals surface area contributed by atoms with Crippen molar-refractivity contribution in [2.75, 3.05) is 6.54 Å². The molecule has 0 aliphatic carbocycles. The zero-order valence-electron chi connectivity index (χ0n) is 14.4. The van der Waals surface area contributed by atoms with Crippen molar-refractivity contribution < 1.29 is 14.3 Å². The molecule has 1 aliphatic heterocycles. The predicted molar refractivity (Wildman–Crippen MR) is 93.2 cm³/mol. The van der Waals surface area contributed by atoms with E-state index in [1.165, 1.54) is 0 Å². The molecule has 6 heteroatoms. The number of aromatic nitrogens is 2. The van der Waals surface area contributed by atoms with Crippen LogP contribution in [0.5, 0.6) is 0 Å². The van der Waals surface area contributed by atoms with E-state index in [1.807, 2.05) is 46.8 Å². The predicted octanol–water partition coefficient (Wildman–Crippen LogP) is 3.04. The molecule has 130 valence electrons. The minimum atomic E-state index is -0.602. The molecule has 6 nitrogen and oxygen atoms in total. The van der Waals surface area contributed by atoms with E-state index in [-0.39, 0.29) is 5.91 Å². The van der Waals surface area contributed by atoms with E-state index in [1.54, 1.807) is 6.92 Å². The molecule has 0 saturated carbocycles. The largest absolute Gasteiger partial charge is 0.461 e. The zero-order valence-corrected chi connectivity index (χ0v) is 14.4. The summed E-state index contributed by atoms with van der Waals surface area (Å²) in [6.07, 6.45) is 0.238. The van der Waals surface area contributed by atoms with E-state index in [4.69, 9.17) is 4.42 Å². The smallest absolute Gasteiger partial charge is 0.254 e. The Morgan fingerprint density at radius 3 is 2.92 bits per heavy atom.